The third-order valence-corrected chi connectivity index (χ3v) is 8.75. The van der Waals surface area contributed by atoms with E-state index in [1.54, 1.807) is 15.8 Å². The van der Waals surface area contributed by atoms with Gasteiger partial charge >= 0.3 is 0 Å². The first kappa shape index (κ1) is 20.6. The van der Waals surface area contributed by atoms with Crippen molar-refractivity contribution in [1.82, 2.24) is 19.6 Å². The number of likely N-dealkylation sites (tertiary alicyclic amines) is 1. The highest BCUT2D eigenvalue weighted by Crippen LogP contribution is 2.41. The Bertz CT molecular complexity index is 1070. The van der Waals surface area contributed by atoms with Gasteiger partial charge in [0.1, 0.15) is 10.6 Å². The fourth-order valence-corrected chi connectivity index (χ4v) is 6.61. The Morgan fingerprint density at radius 3 is 2.43 bits per heavy atom. The number of aryl methyl sites for hydroxylation is 1. The van der Waals surface area contributed by atoms with Gasteiger partial charge in [-0.2, -0.15) is 5.10 Å². The molecule has 0 unspecified atom stereocenters. The average molecular weight is 431 g/mol. The number of amides is 2. The molecule has 2 aliphatic rings. The van der Waals surface area contributed by atoms with Crippen LogP contribution in [-0.2, 0) is 27.7 Å². The number of rotatable bonds is 4. The third-order valence-electron chi connectivity index (χ3n) is 6.33. The van der Waals surface area contributed by atoms with Crippen molar-refractivity contribution in [2.24, 2.45) is 0 Å². The maximum absolute atomic E-state index is 13.0. The Kier molecular flexibility index (Phi) is 5.17. The van der Waals surface area contributed by atoms with Gasteiger partial charge in [0.2, 0.25) is 5.91 Å². The molecule has 1 aromatic heterocycles. The number of benzene rings is 1. The first-order chi connectivity index (χ1) is 14.3. The number of nitrogens with zero attached hydrogens (tertiary/aromatic N) is 4. The lowest BCUT2D eigenvalue weighted by molar-refractivity contribution is -0.131. The van der Waals surface area contributed by atoms with Gasteiger partial charge in [-0.25, -0.2) is 8.42 Å². The Morgan fingerprint density at radius 2 is 1.83 bits per heavy atom. The molecule has 160 valence electrons. The summed E-state index contributed by atoms with van der Waals surface area (Å²) in [6, 6.07) is 9.40. The number of hydrogen-bond acceptors (Lipinski definition) is 5. The van der Waals surface area contributed by atoms with Crippen LogP contribution in [0.25, 0.3) is 0 Å². The van der Waals surface area contributed by atoms with Crippen molar-refractivity contribution in [1.29, 1.82) is 0 Å². The van der Waals surface area contributed by atoms with E-state index in [2.05, 4.69) is 5.10 Å². The number of carbonyl (C=O) groups excluding carboxylic acids is 2. The van der Waals surface area contributed by atoms with E-state index < -0.39 is 20.5 Å². The van der Waals surface area contributed by atoms with Gasteiger partial charge in [0.05, 0.1) is 11.8 Å². The lowest BCUT2D eigenvalue weighted by atomic mass is 10.00. The molecular weight excluding hydrogens is 404 g/mol. The lowest BCUT2D eigenvalue weighted by Gasteiger charge is -2.43. The van der Waals surface area contributed by atoms with E-state index >= 15 is 0 Å². The SMILES string of the molecule is CCn1ncc(C(=O)N2CCC3(CC2)N(Cc2ccccc2)C(=O)CS3(=O)=O)c1C. The summed E-state index contributed by atoms with van der Waals surface area (Å²) >= 11 is 0. The topological polar surface area (TPSA) is 92.6 Å². The molecule has 0 saturated carbocycles. The van der Waals surface area contributed by atoms with Crippen molar-refractivity contribution in [2.45, 2.75) is 44.6 Å². The minimum Gasteiger partial charge on any atom is -0.338 e. The van der Waals surface area contributed by atoms with Crippen molar-refractivity contribution >= 4 is 21.7 Å². The summed E-state index contributed by atoms with van der Waals surface area (Å²) in [7, 11) is -3.63. The second-order valence-electron chi connectivity index (χ2n) is 7.92. The second kappa shape index (κ2) is 7.54. The number of hydrogen-bond donors (Lipinski definition) is 0. The zero-order valence-electron chi connectivity index (χ0n) is 17.2. The van der Waals surface area contributed by atoms with Gasteiger partial charge in [-0.3, -0.25) is 14.3 Å². The molecule has 1 spiro atoms. The van der Waals surface area contributed by atoms with E-state index in [-0.39, 0.29) is 44.3 Å². The van der Waals surface area contributed by atoms with Crippen LogP contribution in [-0.4, -0.2) is 63.5 Å². The van der Waals surface area contributed by atoms with Gasteiger partial charge in [-0.15, -0.1) is 0 Å². The van der Waals surface area contributed by atoms with Crippen LogP contribution in [0.5, 0.6) is 0 Å². The molecule has 2 aliphatic heterocycles. The van der Waals surface area contributed by atoms with E-state index in [0.29, 0.717) is 12.1 Å². The predicted octanol–water partition coefficient (Wildman–Crippen LogP) is 1.60. The molecule has 4 rings (SSSR count). The quantitative estimate of drug-likeness (QED) is 0.735. The van der Waals surface area contributed by atoms with Crippen molar-refractivity contribution in [3.8, 4) is 0 Å². The summed E-state index contributed by atoms with van der Waals surface area (Å²) in [6.45, 7) is 5.33. The molecule has 0 atom stereocenters. The summed E-state index contributed by atoms with van der Waals surface area (Å²) in [6.07, 6.45) is 2.02. The van der Waals surface area contributed by atoms with Crippen molar-refractivity contribution in [3.63, 3.8) is 0 Å². The van der Waals surface area contributed by atoms with Crippen LogP contribution in [0, 0.1) is 6.92 Å². The molecule has 8 nitrogen and oxygen atoms in total. The maximum atomic E-state index is 13.0. The first-order valence-electron chi connectivity index (χ1n) is 10.2. The van der Waals surface area contributed by atoms with Gasteiger partial charge in [-0.05, 0) is 19.4 Å². The smallest absolute Gasteiger partial charge is 0.257 e. The Morgan fingerprint density at radius 1 is 1.17 bits per heavy atom. The molecule has 0 N–H and O–H groups in total. The third kappa shape index (κ3) is 3.21. The molecule has 0 radical (unpaired) electrons. The fraction of sp³-hybridized carbons (Fsp3) is 0.476. The van der Waals surface area contributed by atoms with Crippen LogP contribution in [0.1, 0.15) is 41.4 Å². The van der Waals surface area contributed by atoms with E-state index in [1.807, 2.05) is 44.2 Å². The average Bonchev–Trinajstić information content (AvgIpc) is 3.19. The molecule has 2 fully saturated rings. The van der Waals surface area contributed by atoms with Crippen LogP contribution < -0.4 is 0 Å². The van der Waals surface area contributed by atoms with Gasteiger partial charge in [0.25, 0.3) is 5.91 Å². The van der Waals surface area contributed by atoms with Crippen LogP contribution in [0.15, 0.2) is 36.5 Å². The maximum Gasteiger partial charge on any atom is 0.257 e. The van der Waals surface area contributed by atoms with E-state index in [9.17, 15) is 18.0 Å². The van der Waals surface area contributed by atoms with Gasteiger partial charge in [0.15, 0.2) is 9.84 Å². The monoisotopic (exact) mass is 430 g/mol. The summed E-state index contributed by atoms with van der Waals surface area (Å²) in [4.78, 5) is 27.6. The van der Waals surface area contributed by atoms with Crippen LogP contribution in [0.3, 0.4) is 0 Å². The van der Waals surface area contributed by atoms with E-state index in [4.69, 9.17) is 0 Å². The van der Waals surface area contributed by atoms with Crippen LogP contribution in [0.4, 0.5) is 0 Å². The number of aromatic nitrogens is 2. The standard InChI is InChI=1S/C21H26N4O4S/c1-3-25-16(2)18(13-22-25)20(27)23-11-9-21(10-12-23)24(19(26)15-30(21,28)29)14-17-7-5-4-6-8-17/h4-8,13H,3,9-12,14-15H2,1-2H3. The van der Waals surface area contributed by atoms with Gasteiger partial charge < -0.3 is 9.80 Å². The number of sulfone groups is 1. The normalized spacial score (nSPS) is 20.1. The first-order valence-corrected chi connectivity index (χ1v) is 11.8. The molecule has 2 amide bonds. The second-order valence-corrected chi connectivity index (χ2v) is 10.2. The molecule has 2 aromatic rings. The molecule has 3 heterocycles. The Hall–Kier alpha value is -2.68. The highest BCUT2D eigenvalue weighted by atomic mass is 32.2. The number of carbonyl (C=O) groups is 2. The minimum absolute atomic E-state index is 0.140. The zero-order valence-corrected chi connectivity index (χ0v) is 18.1. The molecule has 9 heteroatoms. The van der Waals surface area contributed by atoms with Crippen LogP contribution in [0.2, 0.25) is 0 Å². The number of piperidine rings is 1. The summed E-state index contributed by atoms with van der Waals surface area (Å²) in [5.41, 5.74) is 2.24. The van der Waals surface area contributed by atoms with Crippen molar-refractivity contribution in [3.05, 3.63) is 53.3 Å². The molecule has 0 bridgehead atoms. The Balaban J connectivity index is 1.56. The fourth-order valence-electron chi connectivity index (χ4n) is 4.55. The zero-order chi connectivity index (χ0) is 21.5. The lowest BCUT2D eigenvalue weighted by Crippen LogP contribution is -2.56. The summed E-state index contributed by atoms with van der Waals surface area (Å²) in [5, 5.41) is 4.23. The summed E-state index contributed by atoms with van der Waals surface area (Å²) < 4.78 is 27.8. The molecule has 1 aromatic carbocycles. The van der Waals surface area contributed by atoms with Crippen LogP contribution >= 0.6 is 0 Å². The highest BCUT2D eigenvalue weighted by Gasteiger charge is 2.58. The van der Waals surface area contributed by atoms with Gasteiger partial charge in [0, 0.05) is 44.7 Å². The summed E-state index contributed by atoms with van der Waals surface area (Å²) in [5.74, 6) is -0.965. The molecule has 2 saturated heterocycles. The molecule has 30 heavy (non-hydrogen) atoms. The van der Waals surface area contributed by atoms with E-state index in [1.165, 1.54) is 4.90 Å². The highest BCUT2D eigenvalue weighted by molar-refractivity contribution is 7.93. The predicted molar refractivity (Wildman–Crippen MR) is 111 cm³/mol. The largest absolute Gasteiger partial charge is 0.338 e. The van der Waals surface area contributed by atoms with Crippen molar-refractivity contribution < 1.29 is 18.0 Å². The van der Waals surface area contributed by atoms with E-state index in [0.717, 1.165) is 11.3 Å². The molecule has 0 aliphatic carbocycles. The van der Waals surface area contributed by atoms with Gasteiger partial charge in [-0.1, -0.05) is 30.3 Å². The molecular formula is C21H26N4O4S. The van der Waals surface area contributed by atoms with Crippen molar-refractivity contribution in [2.75, 3.05) is 18.8 Å². The minimum atomic E-state index is -3.63. The Labute approximate surface area is 176 Å².